The van der Waals surface area contributed by atoms with E-state index in [1.54, 1.807) is 11.3 Å². The van der Waals surface area contributed by atoms with Crippen molar-refractivity contribution in [2.24, 2.45) is 0 Å². The second-order valence-electron chi connectivity index (χ2n) is 2.45. The Hall–Kier alpha value is 0.580. The average molecular weight is 330 g/mol. The van der Waals surface area contributed by atoms with E-state index in [-0.39, 0.29) is 0 Å². The molecule has 2 nitrogen and oxygen atoms in total. The topological polar surface area (TPSA) is 29.5 Å². The Morgan fingerprint density at radius 1 is 1.62 bits per heavy atom. The highest BCUT2D eigenvalue weighted by Gasteiger charge is 2.14. The number of aliphatic hydroxyl groups is 1. The van der Waals surface area contributed by atoms with Gasteiger partial charge in [0.25, 0.3) is 0 Å². The van der Waals surface area contributed by atoms with Gasteiger partial charge in [-0.05, 0) is 44.8 Å². The Bertz CT molecular complexity index is 275. The molecular weight excluding hydrogens is 320 g/mol. The van der Waals surface area contributed by atoms with E-state index in [2.05, 4.69) is 31.9 Å². The standard InChI is InChI=1S/C8H10Br2O2S/c1-2-12-4-6(11)5-3-7(9)13-8(5)10/h3,6,11H,2,4H2,1H3. The highest BCUT2D eigenvalue weighted by molar-refractivity contribution is 9.12. The number of ether oxygens (including phenoxy) is 1. The van der Waals surface area contributed by atoms with Crippen molar-refractivity contribution in [1.82, 2.24) is 0 Å². The molecule has 5 heteroatoms. The summed E-state index contributed by atoms with van der Waals surface area (Å²) in [7, 11) is 0. The fourth-order valence-electron chi connectivity index (χ4n) is 0.899. The van der Waals surface area contributed by atoms with Crippen LogP contribution in [0.25, 0.3) is 0 Å². The van der Waals surface area contributed by atoms with Crippen LogP contribution in [-0.2, 0) is 4.74 Å². The quantitative estimate of drug-likeness (QED) is 0.918. The Balaban J connectivity index is 2.64. The molecule has 1 unspecified atom stereocenters. The summed E-state index contributed by atoms with van der Waals surface area (Å²) in [5.74, 6) is 0. The maximum atomic E-state index is 9.68. The van der Waals surface area contributed by atoms with Gasteiger partial charge in [0.1, 0.15) is 6.10 Å². The van der Waals surface area contributed by atoms with Crippen LogP contribution in [-0.4, -0.2) is 18.3 Å². The molecule has 1 N–H and O–H groups in total. The predicted octanol–water partition coefficient (Wildman–Crippen LogP) is 3.34. The zero-order valence-corrected chi connectivity index (χ0v) is 11.1. The van der Waals surface area contributed by atoms with Crippen molar-refractivity contribution in [3.05, 3.63) is 19.2 Å². The van der Waals surface area contributed by atoms with Gasteiger partial charge in [0.2, 0.25) is 0 Å². The first-order valence-corrected chi connectivity index (χ1v) is 6.26. The molecule has 0 fully saturated rings. The van der Waals surface area contributed by atoms with E-state index in [1.165, 1.54) is 0 Å². The minimum atomic E-state index is -0.545. The normalized spacial score (nSPS) is 13.2. The molecule has 0 aliphatic carbocycles. The minimum Gasteiger partial charge on any atom is -0.386 e. The van der Waals surface area contributed by atoms with E-state index in [9.17, 15) is 5.11 Å². The number of rotatable bonds is 4. The molecule has 0 aliphatic heterocycles. The molecule has 1 atom stereocenters. The lowest BCUT2D eigenvalue weighted by Gasteiger charge is -2.08. The summed E-state index contributed by atoms with van der Waals surface area (Å²) in [4.78, 5) is 0. The molecule has 0 saturated carbocycles. The number of hydrogen-bond donors (Lipinski definition) is 1. The SMILES string of the molecule is CCOCC(O)c1cc(Br)sc1Br. The molecule has 0 saturated heterocycles. The highest BCUT2D eigenvalue weighted by Crippen LogP contribution is 2.35. The lowest BCUT2D eigenvalue weighted by molar-refractivity contribution is 0.0419. The van der Waals surface area contributed by atoms with Crippen LogP contribution in [0.1, 0.15) is 18.6 Å². The van der Waals surface area contributed by atoms with E-state index in [1.807, 2.05) is 13.0 Å². The van der Waals surface area contributed by atoms with Gasteiger partial charge >= 0.3 is 0 Å². The summed E-state index contributed by atoms with van der Waals surface area (Å²) in [6.45, 7) is 2.88. The van der Waals surface area contributed by atoms with Crippen LogP contribution in [0, 0.1) is 0 Å². The second kappa shape index (κ2) is 5.46. The van der Waals surface area contributed by atoms with Gasteiger partial charge in [0.05, 0.1) is 14.2 Å². The monoisotopic (exact) mass is 328 g/mol. The first-order valence-electron chi connectivity index (χ1n) is 3.85. The largest absolute Gasteiger partial charge is 0.386 e. The summed E-state index contributed by atoms with van der Waals surface area (Å²) in [5, 5.41) is 9.68. The number of halogens is 2. The third-order valence-corrected chi connectivity index (χ3v) is 3.91. The van der Waals surface area contributed by atoms with Crippen molar-refractivity contribution in [3.63, 3.8) is 0 Å². The third-order valence-electron chi connectivity index (χ3n) is 1.52. The number of thiophene rings is 1. The van der Waals surface area contributed by atoms with Crippen LogP contribution in [0.5, 0.6) is 0 Å². The lowest BCUT2D eigenvalue weighted by Crippen LogP contribution is -2.06. The van der Waals surface area contributed by atoms with Gasteiger partial charge in [0, 0.05) is 12.2 Å². The lowest BCUT2D eigenvalue weighted by atomic mass is 10.2. The summed E-state index contributed by atoms with van der Waals surface area (Å²) in [5.41, 5.74) is 0.880. The van der Waals surface area contributed by atoms with Gasteiger partial charge in [-0.2, -0.15) is 0 Å². The molecule has 0 spiro atoms. The van der Waals surface area contributed by atoms with Crippen molar-refractivity contribution < 1.29 is 9.84 Å². The molecule has 0 amide bonds. The highest BCUT2D eigenvalue weighted by atomic mass is 79.9. The van der Waals surface area contributed by atoms with E-state index < -0.39 is 6.10 Å². The van der Waals surface area contributed by atoms with Gasteiger partial charge < -0.3 is 9.84 Å². The van der Waals surface area contributed by atoms with Crippen LogP contribution in [0.4, 0.5) is 0 Å². The second-order valence-corrected chi connectivity index (χ2v) is 6.20. The van der Waals surface area contributed by atoms with Gasteiger partial charge in [0.15, 0.2) is 0 Å². The molecule has 0 bridgehead atoms. The van der Waals surface area contributed by atoms with Gasteiger partial charge in [-0.3, -0.25) is 0 Å². The van der Waals surface area contributed by atoms with Crippen LogP contribution >= 0.6 is 43.2 Å². The summed E-state index contributed by atoms with van der Waals surface area (Å²) in [6, 6.07) is 1.90. The molecule has 1 aromatic heterocycles. The first kappa shape index (κ1) is 11.7. The van der Waals surface area contributed by atoms with E-state index in [0.717, 1.165) is 13.1 Å². The van der Waals surface area contributed by atoms with E-state index in [4.69, 9.17) is 4.74 Å². The molecule has 74 valence electrons. The van der Waals surface area contributed by atoms with Crippen molar-refractivity contribution in [2.45, 2.75) is 13.0 Å². The average Bonchev–Trinajstić information content (AvgIpc) is 2.41. The predicted molar refractivity (Wildman–Crippen MR) is 61.2 cm³/mol. The van der Waals surface area contributed by atoms with E-state index >= 15 is 0 Å². The summed E-state index contributed by atoms with van der Waals surface area (Å²) >= 11 is 8.29. The van der Waals surface area contributed by atoms with Crippen LogP contribution in [0.3, 0.4) is 0 Å². The molecule has 13 heavy (non-hydrogen) atoms. The molecular formula is C8H10Br2O2S. The maximum absolute atomic E-state index is 9.68. The van der Waals surface area contributed by atoms with Crippen molar-refractivity contribution in [2.75, 3.05) is 13.2 Å². The van der Waals surface area contributed by atoms with Gasteiger partial charge in [-0.15, -0.1) is 11.3 Å². The van der Waals surface area contributed by atoms with Gasteiger partial charge in [-0.1, -0.05) is 0 Å². The Labute approximate surface area is 98.2 Å². The summed E-state index contributed by atoms with van der Waals surface area (Å²) in [6.07, 6.45) is -0.545. The zero-order chi connectivity index (χ0) is 9.84. The fraction of sp³-hybridized carbons (Fsp3) is 0.500. The number of aliphatic hydroxyl groups excluding tert-OH is 1. The summed E-state index contributed by atoms with van der Waals surface area (Å²) < 4.78 is 7.09. The Morgan fingerprint density at radius 3 is 2.77 bits per heavy atom. The van der Waals surface area contributed by atoms with Crippen LogP contribution in [0.2, 0.25) is 0 Å². The molecule has 0 radical (unpaired) electrons. The minimum absolute atomic E-state index is 0.346. The van der Waals surface area contributed by atoms with Crippen molar-refractivity contribution >= 4 is 43.2 Å². The van der Waals surface area contributed by atoms with Crippen molar-refractivity contribution in [3.8, 4) is 0 Å². The Kier molecular flexibility index (Phi) is 4.89. The fourth-order valence-corrected chi connectivity index (χ4v) is 3.86. The first-order chi connectivity index (χ1) is 6.15. The molecule has 0 aliphatic rings. The molecule has 0 aromatic carbocycles. The third kappa shape index (κ3) is 3.32. The smallest absolute Gasteiger partial charge is 0.104 e. The number of hydrogen-bond acceptors (Lipinski definition) is 3. The molecule has 1 aromatic rings. The van der Waals surface area contributed by atoms with E-state index in [0.29, 0.717) is 13.2 Å². The van der Waals surface area contributed by atoms with Crippen molar-refractivity contribution in [1.29, 1.82) is 0 Å². The van der Waals surface area contributed by atoms with Crippen LogP contribution < -0.4 is 0 Å². The zero-order valence-electron chi connectivity index (χ0n) is 7.09. The Morgan fingerprint density at radius 2 is 2.31 bits per heavy atom. The maximum Gasteiger partial charge on any atom is 0.104 e. The molecule has 1 heterocycles. The molecule has 1 rings (SSSR count). The van der Waals surface area contributed by atoms with Crippen LogP contribution in [0.15, 0.2) is 13.6 Å². The van der Waals surface area contributed by atoms with Gasteiger partial charge in [-0.25, -0.2) is 0 Å².